The van der Waals surface area contributed by atoms with E-state index in [-0.39, 0.29) is 5.82 Å². The van der Waals surface area contributed by atoms with Gasteiger partial charge in [0, 0.05) is 29.9 Å². The lowest BCUT2D eigenvalue weighted by Crippen LogP contribution is -2.12. The molecule has 0 saturated heterocycles. The van der Waals surface area contributed by atoms with Crippen molar-refractivity contribution in [1.29, 1.82) is 0 Å². The van der Waals surface area contributed by atoms with Crippen LogP contribution in [0.3, 0.4) is 0 Å². The van der Waals surface area contributed by atoms with Gasteiger partial charge in [0.1, 0.15) is 5.82 Å². The van der Waals surface area contributed by atoms with E-state index in [2.05, 4.69) is 15.5 Å². The molecule has 3 nitrogen and oxygen atoms in total. The van der Waals surface area contributed by atoms with Crippen LogP contribution in [-0.2, 0) is 13.1 Å². The van der Waals surface area contributed by atoms with Crippen molar-refractivity contribution < 1.29 is 4.39 Å². The molecule has 0 radical (unpaired) electrons. The van der Waals surface area contributed by atoms with Gasteiger partial charge in [-0.05, 0) is 23.8 Å². The minimum atomic E-state index is -0.312. The molecule has 0 saturated carbocycles. The molecular formula is C11H11ClFN3. The van der Waals surface area contributed by atoms with E-state index in [0.29, 0.717) is 18.1 Å². The van der Waals surface area contributed by atoms with Crippen molar-refractivity contribution in [1.82, 2.24) is 15.5 Å². The molecule has 0 amide bonds. The molecule has 1 aromatic carbocycles. The van der Waals surface area contributed by atoms with E-state index in [9.17, 15) is 4.39 Å². The Kier molecular flexibility index (Phi) is 3.54. The van der Waals surface area contributed by atoms with Crippen molar-refractivity contribution >= 4 is 11.6 Å². The monoisotopic (exact) mass is 239 g/mol. The summed E-state index contributed by atoms with van der Waals surface area (Å²) in [5, 5.41) is 10.1. The van der Waals surface area contributed by atoms with Gasteiger partial charge in [0.25, 0.3) is 0 Å². The maximum absolute atomic E-state index is 13.0. The zero-order valence-corrected chi connectivity index (χ0v) is 9.26. The summed E-state index contributed by atoms with van der Waals surface area (Å²) in [5.41, 5.74) is 1.89. The number of H-pyrrole nitrogens is 1. The van der Waals surface area contributed by atoms with E-state index >= 15 is 0 Å². The van der Waals surface area contributed by atoms with E-state index in [1.807, 2.05) is 6.20 Å². The average Bonchev–Trinajstić information content (AvgIpc) is 2.69. The zero-order valence-electron chi connectivity index (χ0n) is 8.50. The molecule has 1 heterocycles. The third-order valence-electron chi connectivity index (χ3n) is 2.14. The highest BCUT2D eigenvalue weighted by Gasteiger charge is 1.99. The Morgan fingerprint density at radius 2 is 2.06 bits per heavy atom. The van der Waals surface area contributed by atoms with Gasteiger partial charge in [-0.25, -0.2) is 4.39 Å². The van der Waals surface area contributed by atoms with Crippen molar-refractivity contribution in [3.8, 4) is 0 Å². The predicted molar refractivity (Wildman–Crippen MR) is 60.5 cm³/mol. The maximum Gasteiger partial charge on any atom is 0.125 e. The van der Waals surface area contributed by atoms with Crippen LogP contribution >= 0.6 is 11.6 Å². The lowest BCUT2D eigenvalue weighted by atomic mass is 10.2. The molecule has 0 unspecified atom stereocenters. The molecule has 1 aromatic heterocycles. The SMILES string of the molecule is Fc1cc(Cl)cc(CNCc2cn[nH]c2)c1. The Morgan fingerprint density at radius 1 is 1.25 bits per heavy atom. The van der Waals surface area contributed by atoms with Gasteiger partial charge in [0.05, 0.1) is 6.20 Å². The molecule has 2 N–H and O–H groups in total. The molecular weight excluding hydrogens is 229 g/mol. The van der Waals surface area contributed by atoms with Gasteiger partial charge in [0.15, 0.2) is 0 Å². The second-order valence-electron chi connectivity index (χ2n) is 3.49. The molecule has 84 valence electrons. The molecule has 0 aliphatic rings. The van der Waals surface area contributed by atoms with Crippen LogP contribution in [0.1, 0.15) is 11.1 Å². The second kappa shape index (κ2) is 5.09. The Labute approximate surface area is 97.6 Å². The largest absolute Gasteiger partial charge is 0.309 e. The summed E-state index contributed by atoms with van der Waals surface area (Å²) in [4.78, 5) is 0. The summed E-state index contributed by atoms with van der Waals surface area (Å²) in [6.45, 7) is 1.26. The number of hydrogen-bond donors (Lipinski definition) is 2. The van der Waals surface area contributed by atoms with Crippen molar-refractivity contribution in [2.75, 3.05) is 0 Å². The molecule has 16 heavy (non-hydrogen) atoms. The number of halogens is 2. The predicted octanol–water partition coefficient (Wildman–Crippen LogP) is 2.49. The summed E-state index contributed by atoms with van der Waals surface area (Å²) in [5.74, 6) is -0.312. The van der Waals surface area contributed by atoms with Gasteiger partial charge in [-0.1, -0.05) is 11.6 Å². The van der Waals surface area contributed by atoms with E-state index in [1.54, 1.807) is 12.3 Å². The molecule has 0 spiro atoms. The summed E-state index contributed by atoms with van der Waals surface area (Å²) in [7, 11) is 0. The van der Waals surface area contributed by atoms with Gasteiger partial charge in [-0.15, -0.1) is 0 Å². The van der Waals surface area contributed by atoms with Crippen LogP contribution in [0.5, 0.6) is 0 Å². The number of benzene rings is 1. The van der Waals surface area contributed by atoms with Gasteiger partial charge >= 0.3 is 0 Å². The summed E-state index contributed by atoms with van der Waals surface area (Å²) >= 11 is 5.75. The number of rotatable bonds is 4. The third-order valence-corrected chi connectivity index (χ3v) is 2.35. The standard InChI is InChI=1S/C11H11ClFN3/c12-10-1-8(2-11(13)3-10)4-14-5-9-6-15-16-7-9/h1-3,6-7,14H,4-5H2,(H,15,16). The number of nitrogens with zero attached hydrogens (tertiary/aromatic N) is 1. The molecule has 0 aliphatic carbocycles. The van der Waals surface area contributed by atoms with E-state index in [0.717, 1.165) is 11.1 Å². The quantitative estimate of drug-likeness (QED) is 0.861. The maximum atomic E-state index is 13.0. The van der Waals surface area contributed by atoms with Crippen LogP contribution < -0.4 is 5.32 Å². The van der Waals surface area contributed by atoms with E-state index in [4.69, 9.17) is 11.6 Å². The fraction of sp³-hybridized carbons (Fsp3) is 0.182. The van der Waals surface area contributed by atoms with Crippen LogP contribution in [-0.4, -0.2) is 10.2 Å². The summed E-state index contributed by atoms with van der Waals surface area (Å²) in [6, 6.07) is 4.50. The van der Waals surface area contributed by atoms with Crippen molar-refractivity contribution in [2.24, 2.45) is 0 Å². The molecule has 0 atom stereocenters. The van der Waals surface area contributed by atoms with Crippen LogP contribution in [0.25, 0.3) is 0 Å². The van der Waals surface area contributed by atoms with Gasteiger partial charge < -0.3 is 5.32 Å². The first-order valence-electron chi connectivity index (χ1n) is 4.87. The average molecular weight is 240 g/mol. The number of aromatic amines is 1. The lowest BCUT2D eigenvalue weighted by Gasteiger charge is -2.04. The minimum Gasteiger partial charge on any atom is -0.309 e. The Balaban J connectivity index is 1.89. The normalized spacial score (nSPS) is 10.6. The van der Waals surface area contributed by atoms with Crippen LogP contribution in [0.15, 0.2) is 30.6 Å². The second-order valence-corrected chi connectivity index (χ2v) is 3.92. The van der Waals surface area contributed by atoms with E-state index < -0.39 is 0 Å². The first kappa shape index (κ1) is 11.1. The Hall–Kier alpha value is -1.39. The molecule has 0 aliphatic heterocycles. The molecule has 0 fully saturated rings. The molecule has 2 aromatic rings. The highest BCUT2D eigenvalue weighted by Crippen LogP contribution is 2.13. The zero-order chi connectivity index (χ0) is 11.4. The fourth-order valence-electron chi connectivity index (χ4n) is 1.44. The van der Waals surface area contributed by atoms with Crippen LogP contribution in [0, 0.1) is 5.82 Å². The van der Waals surface area contributed by atoms with Crippen molar-refractivity contribution in [3.05, 3.63) is 52.6 Å². The highest BCUT2D eigenvalue weighted by molar-refractivity contribution is 6.30. The first-order valence-corrected chi connectivity index (χ1v) is 5.25. The number of aromatic nitrogens is 2. The highest BCUT2D eigenvalue weighted by atomic mass is 35.5. The van der Waals surface area contributed by atoms with Crippen LogP contribution in [0.4, 0.5) is 4.39 Å². The Bertz CT molecular complexity index is 436. The number of hydrogen-bond acceptors (Lipinski definition) is 2. The first-order chi connectivity index (χ1) is 7.74. The number of nitrogens with one attached hydrogen (secondary N) is 2. The lowest BCUT2D eigenvalue weighted by molar-refractivity contribution is 0.620. The summed E-state index contributed by atoms with van der Waals surface area (Å²) in [6.07, 6.45) is 3.55. The van der Waals surface area contributed by atoms with Crippen molar-refractivity contribution in [3.63, 3.8) is 0 Å². The third kappa shape index (κ3) is 3.05. The van der Waals surface area contributed by atoms with Gasteiger partial charge in [-0.2, -0.15) is 5.10 Å². The molecule has 5 heteroatoms. The fourth-order valence-corrected chi connectivity index (χ4v) is 1.68. The Morgan fingerprint density at radius 3 is 2.75 bits per heavy atom. The van der Waals surface area contributed by atoms with Gasteiger partial charge in [0.2, 0.25) is 0 Å². The van der Waals surface area contributed by atoms with Crippen molar-refractivity contribution in [2.45, 2.75) is 13.1 Å². The smallest absolute Gasteiger partial charge is 0.125 e. The van der Waals surface area contributed by atoms with Crippen LogP contribution in [0.2, 0.25) is 5.02 Å². The molecule has 0 bridgehead atoms. The summed E-state index contributed by atoms with van der Waals surface area (Å²) < 4.78 is 13.0. The molecule has 2 rings (SSSR count). The minimum absolute atomic E-state index is 0.312. The van der Waals surface area contributed by atoms with E-state index in [1.165, 1.54) is 12.1 Å². The van der Waals surface area contributed by atoms with Gasteiger partial charge in [-0.3, -0.25) is 5.10 Å². The topological polar surface area (TPSA) is 40.7 Å².